The molecule has 1 heterocycles. The minimum absolute atomic E-state index is 0.149. The number of ether oxygens (including phenoxy) is 2. The van der Waals surface area contributed by atoms with Gasteiger partial charge in [0.25, 0.3) is 0 Å². The molecule has 4 nitrogen and oxygen atoms in total. The summed E-state index contributed by atoms with van der Waals surface area (Å²) in [4.78, 5) is 0. The van der Waals surface area contributed by atoms with Gasteiger partial charge in [0.05, 0.1) is 12.6 Å². The van der Waals surface area contributed by atoms with E-state index in [2.05, 4.69) is 11.4 Å². The summed E-state index contributed by atoms with van der Waals surface area (Å²) >= 11 is 0. The monoisotopic (exact) mass is 285 g/mol. The molecule has 3 rings (SSSR count). The molecule has 1 atom stereocenters. The van der Waals surface area contributed by atoms with Crippen LogP contribution in [0.25, 0.3) is 0 Å². The van der Waals surface area contributed by atoms with Crippen molar-refractivity contribution in [1.82, 2.24) is 5.32 Å². The Morgan fingerprint density at radius 3 is 3.05 bits per heavy atom. The van der Waals surface area contributed by atoms with Crippen LogP contribution in [0.2, 0.25) is 0 Å². The summed E-state index contributed by atoms with van der Waals surface area (Å²) in [6.07, 6.45) is 0. The van der Waals surface area contributed by atoms with Crippen molar-refractivity contribution in [1.29, 1.82) is 0 Å². The predicted molar refractivity (Wildman–Crippen MR) is 80.8 cm³/mol. The van der Waals surface area contributed by atoms with Crippen LogP contribution in [0.4, 0.5) is 0 Å². The average molecular weight is 285 g/mol. The van der Waals surface area contributed by atoms with E-state index in [1.165, 1.54) is 5.56 Å². The average Bonchev–Trinajstić information content (AvgIpc) is 2.88. The number of phenols is 1. The fraction of sp³-hybridized carbons (Fsp3) is 0.294. The highest BCUT2D eigenvalue weighted by atomic mass is 16.5. The van der Waals surface area contributed by atoms with Crippen LogP contribution in [-0.4, -0.2) is 18.3 Å². The number of rotatable bonds is 5. The second kappa shape index (κ2) is 6.06. The number of fused-ring (bicyclic) bond motifs is 1. The molecule has 0 saturated heterocycles. The SMILES string of the molecule is CCOc1cccc(CNC2COc3cc(O)ccc32)c1. The molecule has 2 N–H and O–H groups in total. The summed E-state index contributed by atoms with van der Waals surface area (Å²) < 4.78 is 11.1. The molecule has 0 bridgehead atoms. The first-order valence-electron chi connectivity index (χ1n) is 7.17. The lowest BCUT2D eigenvalue weighted by Gasteiger charge is -2.12. The van der Waals surface area contributed by atoms with Gasteiger partial charge in [-0.05, 0) is 36.8 Å². The molecule has 1 aliphatic heterocycles. The fourth-order valence-corrected chi connectivity index (χ4v) is 2.52. The first-order valence-corrected chi connectivity index (χ1v) is 7.17. The first kappa shape index (κ1) is 13.8. The zero-order chi connectivity index (χ0) is 14.7. The van der Waals surface area contributed by atoms with E-state index < -0.39 is 0 Å². The highest BCUT2D eigenvalue weighted by Gasteiger charge is 2.23. The van der Waals surface area contributed by atoms with Crippen molar-refractivity contribution >= 4 is 0 Å². The van der Waals surface area contributed by atoms with Gasteiger partial charge in [0.2, 0.25) is 0 Å². The van der Waals surface area contributed by atoms with E-state index in [1.54, 1.807) is 12.1 Å². The molecule has 0 fully saturated rings. The number of phenolic OH excluding ortho intramolecular Hbond substituents is 1. The minimum atomic E-state index is 0.149. The zero-order valence-corrected chi connectivity index (χ0v) is 12.0. The van der Waals surface area contributed by atoms with Gasteiger partial charge in [-0.15, -0.1) is 0 Å². The molecular formula is C17H19NO3. The van der Waals surface area contributed by atoms with Gasteiger partial charge in [-0.1, -0.05) is 12.1 Å². The Morgan fingerprint density at radius 1 is 1.29 bits per heavy atom. The maximum atomic E-state index is 9.46. The molecule has 21 heavy (non-hydrogen) atoms. The summed E-state index contributed by atoms with van der Waals surface area (Å²) in [7, 11) is 0. The lowest BCUT2D eigenvalue weighted by Crippen LogP contribution is -2.21. The van der Waals surface area contributed by atoms with Gasteiger partial charge in [-0.2, -0.15) is 0 Å². The minimum Gasteiger partial charge on any atom is -0.508 e. The first-order chi connectivity index (χ1) is 10.3. The van der Waals surface area contributed by atoms with Gasteiger partial charge >= 0.3 is 0 Å². The van der Waals surface area contributed by atoms with E-state index in [4.69, 9.17) is 9.47 Å². The molecule has 0 saturated carbocycles. The van der Waals surface area contributed by atoms with Crippen molar-refractivity contribution in [3.8, 4) is 17.2 Å². The van der Waals surface area contributed by atoms with Gasteiger partial charge in [0.1, 0.15) is 23.9 Å². The van der Waals surface area contributed by atoms with Crippen LogP contribution < -0.4 is 14.8 Å². The summed E-state index contributed by atoms with van der Waals surface area (Å²) in [6, 6.07) is 13.5. The lowest BCUT2D eigenvalue weighted by molar-refractivity contribution is 0.309. The van der Waals surface area contributed by atoms with Crippen LogP contribution >= 0.6 is 0 Å². The molecule has 2 aromatic carbocycles. The van der Waals surface area contributed by atoms with E-state index in [1.807, 2.05) is 31.2 Å². The molecule has 2 aromatic rings. The Hall–Kier alpha value is -2.20. The molecule has 0 aliphatic carbocycles. The predicted octanol–water partition coefficient (Wildman–Crippen LogP) is 3.01. The van der Waals surface area contributed by atoms with E-state index in [9.17, 15) is 5.11 Å². The van der Waals surface area contributed by atoms with Crippen molar-refractivity contribution < 1.29 is 14.6 Å². The van der Waals surface area contributed by atoms with Crippen molar-refractivity contribution in [3.05, 3.63) is 53.6 Å². The van der Waals surface area contributed by atoms with E-state index in [0.29, 0.717) is 13.2 Å². The third kappa shape index (κ3) is 3.11. The zero-order valence-electron chi connectivity index (χ0n) is 12.0. The number of aromatic hydroxyl groups is 1. The Labute approximate surface area is 124 Å². The summed E-state index contributed by atoms with van der Waals surface area (Å²) in [6.45, 7) is 3.98. The normalized spacial score (nSPS) is 16.3. The molecule has 1 aliphatic rings. The molecule has 1 unspecified atom stereocenters. The largest absolute Gasteiger partial charge is 0.508 e. The fourth-order valence-electron chi connectivity index (χ4n) is 2.52. The van der Waals surface area contributed by atoms with Crippen LogP contribution in [0.1, 0.15) is 24.1 Å². The van der Waals surface area contributed by atoms with Crippen molar-refractivity contribution in [2.24, 2.45) is 0 Å². The van der Waals surface area contributed by atoms with E-state index in [0.717, 1.165) is 23.6 Å². The highest BCUT2D eigenvalue weighted by molar-refractivity contribution is 5.44. The molecule has 0 radical (unpaired) electrons. The number of hydrogen-bond donors (Lipinski definition) is 2. The molecule has 0 amide bonds. The Kier molecular flexibility index (Phi) is 3.97. The summed E-state index contributed by atoms with van der Waals surface area (Å²) in [5.41, 5.74) is 2.27. The Balaban J connectivity index is 1.65. The molecule has 110 valence electrons. The smallest absolute Gasteiger partial charge is 0.127 e. The van der Waals surface area contributed by atoms with Gasteiger partial charge < -0.3 is 19.9 Å². The van der Waals surface area contributed by atoms with Crippen molar-refractivity contribution in [2.75, 3.05) is 13.2 Å². The lowest BCUT2D eigenvalue weighted by atomic mass is 10.1. The molecular weight excluding hydrogens is 266 g/mol. The van der Waals surface area contributed by atoms with E-state index in [-0.39, 0.29) is 11.8 Å². The van der Waals surface area contributed by atoms with Crippen LogP contribution in [0.15, 0.2) is 42.5 Å². The van der Waals surface area contributed by atoms with Gasteiger partial charge in [0, 0.05) is 18.2 Å². The van der Waals surface area contributed by atoms with Crippen molar-refractivity contribution in [3.63, 3.8) is 0 Å². The number of hydrogen-bond acceptors (Lipinski definition) is 4. The molecule has 0 spiro atoms. The standard InChI is InChI=1S/C17H19NO3/c1-2-20-14-5-3-4-12(8-14)10-18-16-11-21-17-9-13(19)6-7-15(16)17/h3-9,16,18-19H,2,10-11H2,1H3. The maximum Gasteiger partial charge on any atom is 0.127 e. The van der Waals surface area contributed by atoms with Crippen LogP contribution in [-0.2, 0) is 6.54 Å². The highest BCUT2D eigenvalue weighted by Crippen LogP contribution is 2.34. The van der Waals surface area contributed by atoms with E-state index >= 15 is 0 Å². The van der Waals surface area contributed by atoms with Gasteiger partial charge in [-0.3, -0.25) is 0 Å². The van der Waals surface area contributed by atoms with Gasteiger partial charge in [-0.25, -0.2) is 0 Å². The maximum absolute atomic E-state index is 9.46. The third-order valence-electron chi connectivity index (χ3n) is 3.54. The van der Waals surface area contributed by atoms with Gasteiger partial charge in [0.15, 0.2) is 0 Å². The van der Waals surface area contributed by atoms with Crippen molar-refractivity contribution in [2.45, 2.75) is 19.5 Å². The molecule has 0 aromatic heterocycles. The third-order valence-corrected chi connectivity index (χ3v) is 3.54. The number of nitrogens with one attached hydrogen (secondary N) is 1. The second-order valence-corrected chi connectivity index (χ2v) is 5.05. The van der Waals surface area contributed by atoms with Crippen LogP contribution in [0.5, 0.6) is 17.2 Å². The Bertz CT molecular complexity index is 627. The quantitative estimate of drug-likeness (QED) is 0.886. The number of benzene rings is 2. The topological polar surface area (TPSA) is 50.7 Å². The summed E-state index contributed by atoms with van der Waals surface area (Å²) in [5, 5.41) is 12.9. The second-order valence-electron chi connectivity index (χ2n) is 5.05. The Morgan fingerprint density at radius 2 is 2.19 bits per heavy atom. The van der Waals surface area contributed by atoms with Crippen LogP contribution in [0, 0.1) is 0 Å². The summed E-state index contributed by atoms with van der Waals surface area (Å²) in [5.74, 6) is 1.89. The van der Waals surface area contributed by atoms with Crippen LogP contribution in [0.3, 0.4) is 0 Å². The molecule has 4 heteroatoms.